The number of nitrogens with one attached hydrogen (secondary N) is 1. The van der Waals surface area contributed by atoms with Crippen molar-refractivity contribution in [1.82, 2.24) is 15.1 Å². The SMILES string of the molecule is CC(C)C1CN(CC2CCCN2)C(=O)N1C. The number of carbonyl (C=O) groups excluding carboxylic acids is 1. The Morgan fingerprint density at radius 3 is 2.75 bits per heavy atom. The Labute approximate surface area is 98.0 Å². The lowest BCUT2D eigenvalue weighted by atomic mass is 10.0. The highest BCUT2D eigenvalue weighted by Crippen LogP contribution is 2.21. The van der Waals surface area contributed by atoms with Crippen molar-refractivity contribution in [2.24, 2.45) is 5.92 Å². The summed E-state index contributed by atoms with van der Waals surface area (Å²) < 4.78 is 0. The summed E-state index contributed by atoms with van der Waals surface area (Å²) in [7, 11) is 1.93. The second-order valence-electron chi connectivity index (χ2n) is 5.40. The lowest BCUT2D eigenvalue weighted by molar-refractivity contribution is 0.189. The quantitative estimate of drug-likeness (QED) is 0.781. The van der Waals surface area contributed by atoms with Crippen LogP contribution in [-0.4, -0.2) is 54.6 Å². The molecule has 0 aromatic carbocycles. The van der Waals surface area contributed by atoms with Gasteiger partial charge in [0, 0.05) is 26.2 Å². The number of likely N-dealkylation sites (N-methyl/N-ethyl adjacent to an activating group) is 1. The van der Waals surface area contributed by atoms with Gasteiger partial charge in [0.2, 0.25) is 0 Å². The topological polar surface area (TPSA) is 35.6 Å². The van der Waals surface area contributed by atoms with Crippen molar-refractivity contribution < 1.29 is 4.79 Å². The molecule has 0 aromatic rings. The number of hydrogen-bond acceptors (Lipinski definition) is 2. The molecule has 2 aliphatic heterocycles. The molecule has 0 aromatic heterocycles. The molecular formula is C12H23N3O. The maximum Gasteiger partial charge on any atom is 0.320 e. The molecule has 4 nitrogen and oxygen atoms in total. The van der Waals surface area contributed by atoms with Gasteiger partial charge in [0.15, 0.2) is 0 Å². The molecule has 2 saturated heterocycles. The number of hydrogen-bond donors (Lipinski definition) is 1. The molecule has 92 valence electrons. The smallest absolute Gasteiger partial charge is 0.320 e. The standard InChI is InChI=1S/C12H23N3O/c1-9(2)11-8-15(12(16)14(11)3)7-10-5-4-6-13-10/h9-11,13H,4-8H2,1-3H3. The van der Waals surface area contributed by atoms with E-state index in [2.05, 4.69) is 19.2 Å². The molecule has 4 heteroatoms. The van der Waals surface area contributed by atoms with Gasteiger partial charge in [0.1, 0.15) is 0 Å². The van der Waals surface area contributed by atoms with Crippen LogP contribution in [0.4, 0.5) is 4.79 Å². The van der Waals surface area contributed by atoms with Crippen LogP contribution in [0.5, 0.6) is 0 Å². The second kappa shape index (κ2) is 4.62. The van der Waals surface area contributed by atoms with Crippen molar-refractivity contribution in [1.29, 1.82) is 0 Å². The predicted octanol–water partition coefficient (Wildman–Crippen LogP) is 1.13. The van der Waals surface area contributed by atoms with Crippen molar-refractivity contribution in [3.05, 3.63) is 0 Å². The summed E-state index contributed by atoms with van der Waals surface area (Å²) in [5, 5.41) is 3.45. The summed E-state index contributed by atoms with van der Waals surface area (Å²) in [5.41, 5.74) is 0. The molecule has 2 heterocycles. The minimum absolute atomic E-state index is 0.201. The van der Waals surface area contributed by atoms with Crippen molar-refractivity contribution in [2.75, 3.05) is 26.7 Å². The zero-order valence-corrected chi connectivity index (χ0v) is 10.6. The Kier molecular flexibility index (Phi) is 3.38. The first-order valence-corrected chi connectivity index (χ1v) is 6.34. The molecular weight excluding hydrogens is 202 g/mol. The molecule has 2 fully saturated rings. The van der Waals surface area contributed by atoms with Gasteiger partial charge in [-0.15, -0.1) is 0 Å². The van der Waals surface area contributed by atoms with Crippen molar-refractivity contribution in [3.63, 3.8) is 0 Å². The summed E-state index contributed by atoms with van der Waals surface area (Å²) in [4.78, 5) is 15.9. The van der Waals surface area contributed by atoms with Crippen LogP contribution in [0.25, 0.3) is 0 Å². The summed E-state index contributed by atoms with van der Waals surface area (Å²) in [5.74, 6) is 0.537. The maximum atomic E-state index is 12.0. The van der Waals surface area contributed by atoms with Crippen LogP contribution in [0.3, 0.4) is 0 Å². The van der Waals surface area contributed by atoms with E-state index in [0.717, 1.165) is 19.6 Å². The van der Waals surface area contributed by atoms with E-state index in [4.69, 9.17) is 0 Å². The zero-order valence-electron chi connectivity index (χ0n) is 10.6. The van der Waals surface area contributed by atoms with Crippen LogP contribution >= 0.6 is 0 Å². The minimum atomic E-state index is 0.201. The zero-order chi connectivity index (χ0) is 11.7. The number of nitrogens with zero attached hydrogens (tertiary/aromatic N) is 2. The second-order valence-corrected chi connectivity index (χ2v) is 5.40. The summed E-state index contributed by atoms with van der Waals surface area (Å²) in [6, 6.07) is 1.10. The molecule has 1 N–H and O–H groups in total. The van der Waals surface area contributed by atoms with Crippen LogP contribution in [0, 0.1) is 5.92 Å². The van der Waals surface area contributed by atoms with E-state index >= 15 is 0 Å². The Morgan fingerprint density at radius 1 is 1.50 bits per heavy atom. The van der Waals surface area contributed by atoms with Gasteiger partial charge in [-0.05, 0) is 25.3 Å². The van der Waals surface area contributed by atoms with Crippen LogP contribution in [0.2, 0.25) is 0 Å². The number of urea groups is 1. The molecule has 2 rings (SSSR count). The normalized spacial score (nSPS) is 30.9. The Bertz CT molecular complexity index is 259. The van der Waals surface area contributed by atoms with Crippen LogP contribution in [0.15, 0.2) is 0 Å². The van der Waals surface area contributed by atoms with Gasteiger partial charge < -0.3 is 15.1 Å². The third kappa shape index (κ3) is 2.17. The van der Waals surface area contributed by atoms with Gasteiger partial charge >= 0.3 is 6.03 Å². The van der Waals surface area contributed by atoms with Crippen molar-refractivity contribution >= 4 is 6.03 Å². The fourth-order valence-corrected chi connectivity index (χ4v) is 2.78. The molecule has 2 aliphatic rings. The number of amides is 2. The van der Waals surface area contributed by atoms with Crippen LogP contribution in [-0.2, 0) is 0 Å². The largest absolute Gasteiger partial charge is 0.323 e. The summed E-state index contributed by atoms with van der Waals surface area (Å²) >= 11 is 0. The third-order valence-corrected chi connectivity index (χ3v) is 3.85. The van der Waals surface area contributed by atoms with Gasteiger partial charge in [0.05, 0.1) is 6.04 Å². The van der Waals surface area contributed by atoms with E-state index in [-0.39, 0.29) is 6.03 Å². The lowest BCUT2D eigenvalue weighted by Crippen LogP contribution is -2.39. The first-order chi connectivity index (χ1) is 7.59. The molecule has 2 atom stereocenters. The van der Waals surface area contributed by atoms with Crippen molar-refractivity contribution in [2.45, 2.75) is 38.8 Å². The van der Waals surface area contributed by atoms with Crippen LogP contribution < -0.4 is 5.32 Å². The fraction of sp³-hybridized carbons (Fsp3) is 0.917. The molecule has 16 heavy (non-hydrogen) atoms. The van der Waals surface area contributed by atoms with Crippen molar-refractivity contribution in [3.8, 4) is 0 Å². The highest BCUT2D eigenvalue weighted by atomic mass is 16.2. The Hall–Kier alpha value is -0.770. The Balaban J connectivity index is 1.93. The first kappa shape index (κ1) is 11.7. The highest BCUT2D eigenvalue weighted by molar-refractivity contribution is 5.77. The van der Waals surface area contributed by atoms with Gasteiger partial charge in [-0.1, -0.05) is 13.8 Å². The lowest BCUT2D eigenvalue weighted by Gasteiger charge is -2.20. The van der Waals surface area contributed by atoms with E-state index in [0.29, 0.717) is 18.0 Å². The third-order valence-electron chi connectivity index (χ3n) is 3.85. The number of carbonyl (C=O) groups is 1. The van der Waals surface area contributed by atoms with Gasteiger partial charge in [-0.25, -0.2) is 4.79 Å². The van der Waals surface area contributed by atoms with E-state index in [1.54, 1.807) is 0 Å². The monoisotopic (exact) mass is 225 g/mol. The first-order valence-electron chi connectivity index (χ1n) is 6.34. The fourth-order valence-electron chi connectivity index (χ4n) is 2.78. The molecule has 0 aliphatic carbocycles. The predicted molar refractivity (Wildman–Crippen MR) is 64.4 cm³/mol. The van der Waals surface area contributed by atoms with Crippen LogP contribution in [0.1, 0.15) is 26.7 Å². The Morgan fingerprint density at radius 2 is 2.25 bits per heavy atom. The molecule has 2 unspecified atom stereocenters. The maximum absolute atomic E-state index is 12.0. The summed E-state index contributed by atoms with van der Waals surface area (Å²) in [6.45, 7) is 7.26. The highest BCUT2D eigenvalue weighted by Gasteiger charge is 2.37. The van der Waals surface area contributed by atoms with Gasteiger partial charge in [0.25, 0.3) is 0 Å². The molecule has 0 radical (unpaired) electrons. The molecule has 0 bridgehead atoms. The molecule has 0 saturated carbocycles. The van der Waals surface area contributed by atoms with E-state index in [1.807, 2.05) is 16.8 Å². The number of rotatable bonds is 3. The molecule has 0 spiro atoms. The minimum Gasteiger partial charge on any atom is -0.323 e. The average Bonchev–Trinajstić information content (AvgIpc) is 2.82. The molecule has 2 amide bonds. The average molecular weight is 225 g/mol. The van der Waals surface area contributed by atoms with E-state index in [9.17, 15) is 4.79 Å². The summed E-state index contributed by atoms with van der Waals surface area (Å²) in [6.07, 6.45) is 2.45. The van der Waals surface area contributed by atoms with E-state index < -0.39 is 0 Å². The van der Waals surface area contributed by atoms with Gasteiger partial charge in [-0.3, -0.25) is 0 Å². The van der Waals surface area contributed by atoms with Gasteiger partial charge in [-0.2, -0.15) is 0 Å². The van der Waals surface area contributed by atoms with E-state index in [1.165, 1.54) is 12.8 Å².